The van der Waals surface area contributed by atoms with Crippen molar-refractivity contribution in [3.63, 3.8) is 0 Å². The standard InChI is InChI=1S/C69H133N7O10S/c1-12-14-16-18-20-22-24-26-28-30-32-34-36-38-40-42-53-76(54-43-41-39-37-35-33-31-29-27-25-23-21-19-17-15-13-2)61(78)46-55-87-57-59(63(80)72-49-52-75-66(83)86-69(9,10)11)56-58(62(79)71-48-51-74-65(82)85-68(6,7)8)44-45-60(77)70-47-50-73-64(81)84-67(3,4)5/h58-59H,12-57H2,1-11H3,(H,70,77)(H,71,79)(H,72,80)(H,73,81)(H,74,82)(H,75,83). The smallest absolute Gasteiger partial charge is 0.407 e. The number of thioether (sulfide) groups is 1. The zero-order chi connectivity index (χ0) is 64.9. The van der Waals surface area contributed by atoms with Crippen LogP contribution >= 0.6 is 11.8 Å². The van der Waals surface area contributed by atoms with Gasteiger partial charge in [-0.1, -0.05) is 206 Å². The number of rotatable bonds is 55. The molecule has 0 aromatic rings. The number of hydrogen-bond donors (Lipinski definition) is 6. The summed E-state index contributed by atoms with van der Waals surface area (Å²) in [7, 11) is 0. The van der Waals surface area contributed by atoms with Crippen LogP contribution in [0.5, 0.6) is 0 Å². The van der Waals surface area contributed by atoms with Crippen molar-refractivity contribution in [2.24, 2.45) is 11.8 Å². The normalized spacial score (nSPS) is 12.4. The van der Waals surface area contributed by atoms with Crippen LogP contribution in [0.3, 0.4) is 0 Å². The number of alkyl carbamates (subject to hydrolysis) is 3. The quantitative estimate of drug-likeness (QED) is 0.0248. The van der Waals surface area contributed by atoms with Gasteiger partial charge in [0.15, 0.2) is 0 Å². The first kappa shape index (κ1) is 83.0. The van der Waals surface area contributed by atoms with E-state index in [1.165, 1.54) is 192 Å². The van der Waals surface area contributed by atoms with Crippen molar-refractivity contribution < 1.29 is 47.8 Å². The Morgan fingerprint density at radius 2 is 0.655 bits per heavy atom. The number of amides is 7. The molecule has 0 saturated carbocycles. The largest absolute Gasteiger partial charge is 0.444 e. The van der Waals surface area contributed by atoms with Gasteiger partial charge in [-0.3, -0.25) is 19.2 Å². The van der Waals surface area contributed by atoms with Gasteiger partial charge in [0.25, 0.3) is 0 Å². The van der Waals surface area contributed by atoms with E-state index in [-0.39, 0.29) is 82.2 Å². The maximum absolute atomic E-state index is 14.1. The molecule has 0 saturated heterocycles. The molecule has 0 fully saturated rings. The van der Waals surface area contributed by atoms with Gasteiger partial charge in [-0.05, 0) is 88.0 Å². The number of carbonyl (C=O) groups is 7. The van der Waals surface area contributed by atoms with Crippen LogP contribution in [0.2, 0.25) is 0 Å². The van der Waals surface area contributed by atoms with E-state index in [0.29, 0.717) is 17.9 Å². The number of nitrogens with one attached hydrogen (secondary N) is 6. The topological polar surface area (TPSA) is 223 Å². The average Bonchev–Trinajstić information content (AvgIpc) is 3.49. The van der Waals surface area contributed by atoms with E-state index in [2.05, 4.69) is 50.6 Å². The van der Waals surface area contributed by atoms with Crippen molar-refractivity contribution in [2.75, 3.05) is 63.9 Å². The lowest BCUT2D eigenvalue weighted by Gasteiger charge is -2.24. The van der Waals surface area contributed by atoms with Gasteiger partial charge in [0.1, 0.15) is 16.8 Å². The predicted molar refractivity (Wildman–Crippen MR) is 360 cm³/mol. The van der Waals surface area contributed by atoms with Crippen LogP contribution in [0, 0.1) is 11.8 Å². The Bertz CT molecular complexity index is 1740. The van der Waals surface area contributed by atoms with E-state index in [4.69, 9.17) is 14.2 Å². The van der Waals surface area contributed by atoms with Crippen LogP contribution < -0.4 is 31.9 Å². The van der Waals surface area contributed by atoms with Crippen LogP contribution in [0.1, 0.15) is 307 Å². The first-order chi connectivity index (χ1) is 41.5. The highest BCUT2D eigenvalue weighted by molar-refractivity contribution is 7.99. The van der Waals surface area contributed by atoms with Gasteiger partial charge in [-0.25, -0.2) is 14.4 Å². The highest BCUT2D eigenvalue weighted by Gasteiger charge is 2.29. The third-order valence-corrected chi connectivity index (χ3v) is 16.2. The minimum Gasteiger partial charge on any atom is -0.444 e. The van der Waals surface area contributed by atoms with Gasteiger partial charge in [0, 0.05) is 88.5 Å². The second kappa shape index (κ2) is 53.8. The second-order valence-electron chi connectivity index (χ2n) is 27.2. The summed E-state index contributed by atoms with van der Waals surface area (Å²) in [5, 5.41) is 16.5. The zero-order valence-electron chi connectivity index (χ0n) is 57.6. The number of nitrogens with zero attached hydrogens (tertiary/aromatic N) is 1. The fraction of sp³-hybridized carbons (Fsp3) is 0.899. The van der Waals surface area contributed by atoms with Crippen LogP contribution in [-0.2, 0) is 33.4 Å². The fourth-order valence-corrected chi connectivity index (χ4v) is 11.3. The van der Waals surface area contributed by atoms with Crippen molar-refractivity contribution >= 4 is 53.7 Å². The third kappa shape index (κ3) is 57.0. The van der Waals surface area contributed by atoms with Crippen molar-refractivity contribution in [3.8, 4) is 0 Å². The van der Waals surface area contributed by atoms with Crippen LogP contribution in [0.4, 0.5) is 14.4 Å². The Kier molecular flexibility index (Phi) is 51.4. The van der Waals surface area contributed by atoms with Gasteiger partial charge < -0.3 is 51.0 Å². The van der Waals surface area contributed by atoms with Gasteiger partial charge in [0.05, 0.1) is 0 Å². The lowest BCUT2D eigenvalue weighted by atomic mass is 9.90. The van der Waals surface area contributed by atoms with Gasteiger partial charge >= 0.3 is 18.3 Å². The molecule has 0 rings (SSSR count). The SMILES string of the molecule is CCCCCCCCCCCCCCCCCCN(CCCCCCCCCCCCCCCCCC)C(=O)CCSCC(CC(CCC(=O)NCCNC(=O)OC(C)(C)C)C(=O)NCCNC(=O)OC(C)(C)C)C(=O)NCCNC(=O)OC(C)(C)C. The van der Waals surface area contributed by atoms with E-state index >= 15 is 0 Å². The van der Waals surface area contributed by atoms with E-state index in [0.717, 1.165) is 38.8 Å². The van der Waals surface area contributed by atoms with Crippen molar-refractivity contribution in [1.29, 1.82) is 0 Å². The Balaban J connectivity index is 5.89. The predicted octanol–water partition coefficient (Wildman–Crippen LogP) is 15.8. The van der Waals surface area contributed by atoms with Gasteiger partial charge in [-0.15, -0.1) is 0 Å². The van der Waals surface area contributed by atoms with Crippen molar-refractivity contribution in [3.05, 3.63) is 0 Å². The lowest BCUT2D eigenvalue weighted by molar-refractivity contribution is -0.131. The molecule has 0 aliphatic heterocycles. The lowest BCUT2D eigenvalue weighted by Crippen LogP contribution is -2.43. The molecule has 7 amide bonds. The molecule has 510 valence electrons. The summed E-state index contributed by atoms with van der Waals surface area (Å²) < 4.78 is 16.0. The molecule has 0 heterocycles. The number of unbranched alkanes of at least 4 members (excludes halogenated alkanes) is 30. The molecule has 2 unspecified atom stereocenters. The Morgan fingerprint density at radius 1 is 0.368 bits per heavy atom. The molecule has 0 aliphatic carbocycles. The van der Waals surface area contributed by atoms with Gasteiger partial charge in [0.2, 0.25) is 23.6 Å². The fourth-order valence-electron chi connectivity index (χ4n) is 10.2. The molecular weight excluding hydrogens is 1120 g/mol. The third-order valence-electron chi connectivity index (χ3n) is 15.0. The zero-order valence-corrected chi connectivity index (χ0v) is 58.4. The number of hydrogen-bond acceptors (Lipinski definition) is 11. The highest BCUT2D eigenvalue weighted by atomic mass is 32.2. The van der Waals surface area contributed by atoms with E-state index < -0.39 is 46.9 Å². The molecule has 6 N–H and O–H groups in total. The molecule has 87 heavy (non-hydrogen) atoms. The Labute approximate surface area is 535 Å². The molecule has 0 radical (unpaired) electrons. The first-order valence-corrected chi connectivity index (χ1v) is 36.2. The maximum atomic E-state index is 14.1. The van der Waals surface area contributed by atoms with Crippen molar-refractivity contribution in [1.82, 2.24) is 36.8 Å². The Hall–Kier alpha value is -3.96. The molecule has 0 aromatic carbocycles. The monoisotopic (exact) mass is 1250 g/mol. The molecule has 17 nitrogen and oxygen atoms in total. The summed E-state index contributed by atoms with van der Waals surface area (Å²) in [4.78, 5) is 94.3. The van der Waals surface area contributed by atoms with E-state index in [1.54, 1.807) is 62.3 Å². The molecular formula is C69H133N7O10S. The van der Waals surface area contributed by atoms with Crippen molar-refractivity contribution in [2.45, 2.75) is 324 Å². The van der Waals surface area contributed by atoms with E-state index in [9.17, 15) is 33.6 Å². The maximum Gasteiger partial charge on any atom is 0.407 e. The van der Waals surface area contributed by atoms with Crippen LogP contribution in [-0.4, -0.2) is 127 Å². The summed E-state index contributed by atoms with van der Waals surface area (Å²) in [5.41, 5.74) is -2.07. The minimum absolute atomic E-state index is 0.0366. The highest BCUT2D eigenvalue weighted by Crippen LogP contribution is 2.24. The number of carbonyl (C=O) groups excluding carboxylic acids is 7. The molecule has 2 atom stereocenters. The molecule has 0 bridgehead atoms. The molecule has 0 spiro atoms. The minimum atomic E-state index is -0.787. The molecule has 18 heteroatoms. The number of ether oxygens (including phenoxy) is 3. The summed E-state index contributed by atoms with van der Waals surface area (Å²) in [5.74, 6) is -1.61. The summed E-state index contributed by atoms with van der Waals surface area (Å²) in [6.07, 6.45) is 40.2. The molecule has 0 aliphatic rings. The second-order valence-corrected chi connectivity index (χ2v) is 28.3. The van der Waals surface area contributed by atoms with Crippen LogP contribution in [0.15, 0.2) is 0 Å². The Morgan fingerprint density at radius 3 is 0.977 bits per heavy atom. The first-order valence-electron chi connectivity index (χ1n) is 35.0. The van der Waals surface area contributed by atoms with Crippen LogP contribution in [0.25, 0.3) is 0 Å². The summed E-state index contributed by atoms with van der Waals surface area (Å²) in [6.45, 7) is 22.6. The average molecular weight is 1250 g/mol. The summed E-state index contributed by atoms with van der Waals surface area (Å²) in [6, 6.07) is 0. The van der Waals surface area contributed by atoms with Gasteiger partial charge in [-0.2, -0.15) is 11.8 Å². The summed E-state index contributed by atoms with van der Waals surface area (Å²) >= 11 is 1.50. The molecule has 0 aromatic heterocycles. The van der Waals surface area contributed by atoms with E-state index in [1.807, 2.05) is 0 Å².